The molecule has 3 aliphatic rings. The Labute approximate surface area is 298 Å². The van der Waals surface area contributed by atoms with Crippen LogP contribution in [0.2, 0.25) is 0 Å². The number of carbonyl (C=O) groups is 2. The number of rotatable bonds is 12. The van der Waals surface area contributed by atoms with Crippen LogP contribution in [-0.4, -0.2) is 75.5 Å². The molecule has 0 aliphatic carbocycles. The molecule has 0 radical (unpaired) electrons. The van der Waals surface area contributed by atoms with Crippen LogP contribution in [0.1, 0.15) is 48.9 Å². The first-order valence-corrected chi connectivity index (χ1v) is 17.7. The number of anilines is 3. The van der Waals surface area contributed by atoms with Gasteiger partial charge in [-0.2, -0.15) is 0 Å². The maximum Gasteiger partial charge on any atom is 0.264 e. The van der Waals surface area contributed by atoms with Crippen LogP contribution in [-0.2, 0) is 21.7 Å². The quantitative estimate of drug-likeness (QED) is 0.188. The van der Waals surface area contributed by atoms with Crippen LogP contribution in [0.5, 0.6) is 0 Å². The summed E-state index contributed by atoms with van der Waals surface area (Å²) in [6, 6.07) is 25.3. The number of allylic oxidation sites excluding steroid dienone is 1. The number of para-hydroxylation sites is 1. The molecule has 1 unspecified atom stereocenters. The number of aromatic nitrogens is 3. The average molecular weight is 688 g/mol. The molecule has 7 rings (SSSR count). The second kappa shape index (κ2) is 14.3. The molecule has 51 heavy (non-hydrogen) atoms. The van der Waals surface area contributed by atoms with Gasteiger partial charge in [0.1, 0.15) is 5.54 Å². The van der Waals surface area contributed by atoms with Gasteiger partial charge >= 0.3 is 0 Å². The zero-order valence-corrected chi connectivity index (χ0v) is 28.9. The topological polar surface area (TPSA) is 127 Å². The van der Waals surface area contributed by atoms with Crippen LogP contribution in [0.3, 0.4) is 0 Å². The number of hydrogen-bond acceptors (Lipinski definition) is 8. The summed E-state index contributed by atoms with van der Waals surface area (Å²) in [4.78, 5) is 34.0. The molecule has 11 heteroatoms. The van der Waals surface area contributed by atoms with Gasteiger partial charge in [-0.15, -0.1) is 11.7 Å². The maximum atomic E-state index is 14.4. The molecule has 1 spiro atoms. The highest BCUT2D eigenvalue weighted by atomic mass is 16.3. The Morgan fingerprint density at radius 2 is 1.71 bits per heavy atom. The third-order valence-corrected chi connectivity index (χ3v) is 10.7. The van der Waals surface area contributed by atoms with Crippen molar-refractivity contribution in [1.29, 1.82) is 0 Å². The van der Waals surface area contributed by atoms with Crippen molar-refractivity contribution in [3.63, 3.8) is 0 Å². The van der Waals surface area contributed by atoms with E-state index in [1.807, 2.05) is 104 Å². The van der Waals surface area contributed by atoms with Gasteiger partial charge in [0.15, 0.2) is 5.60 Å². The fraction of sp³-hybridized carbons (Fsp3) is 0.350. The molecule has 2 saturated heterocycles. The maximum absolute atomic E-state index is 14.4. The molecule has 3 N–H and O–H groups in total. The minimum Gasteiger partial charge on any atom is -0.395 e. The summed E-state index contributed by atoms with van der Waals surface area (Å²) in [5.41, 5.74) is 1.88. The van der Waals surface area contributed by atoms with E-state index in [0.717, 1.165) is 24.3 Å². The highest BCUT2D eigenvalue weighted by Crippen LogP contribution is 2.48. The van der Waals surface area contributed by atoms with Gasteiger partial charge in [-0.1, -0.05) is 78.9 Å². The molecule has 3 aliphatic heterocycles. The number of piperidine rings is 1. The molecule has 3 aromatic carbocycles. The highest BCUT2D eigenvalue weighted by Gasteiger charge is 2.55. The Morgan fingerprint density at radius 3 is 2.41 bits per heavy atom. The van der Waals surface area contributed by atoms with Gasteiger partial charge in [-0.25, -0.2) is 0 Å². The van der Waals surface area contributed by atoms with Crippen molar-refractivity contribution in [3.8, 4) is 0 Å². The lowest BCUT2D eigenvalue weighted by atomic mass is 9.82. The second-order valence-electron chi connectivity index (χ2n) is 13.6. The summed E-state index contributed by atoms with van der Waals surface area (Å²) in [6.45, 7) is 8.25. The summed E-state index contributed by atoms with van der Waals surface area (Å²) in [5.74, 6) is -1.23. The van der Waals surface area contributed by atoms with Gasteiger partial charge < -0.3 is 25.3 Å². The number of aliphatic hydroxyl groups excluding tert-OH is 1. The van der Waals surface area contributed by atoms with E-state index < -0.39 is 23.0 Å². The molecule has 4 heterocycles. The summed E-state index contributed by atoms with van der Waals surface area (Å²) in [5, 5.41) is 34.3. The molecule has 2 fully saturated rings. The smallest absolute Gasteiger partial charge is 0.264 e. The normalized spacial score (nSPS) is 21.1. The molecule has 1 aromatic heterocycles. The first kappa shape index (κ1) is 34.4. The van der Waals surface area contributed by atoms with E-state index in [0.29, 0.717) is 55.1 Å². The lowest BCUT2D eigenvalue weighted by Crippen LogP contribution is -2.55. The Hall–Kier alpha value is -5.10. The van der Waals surface area contributed by atoms with Crippen molar-refractivity contribution in [2.75, 3.05) is 47.6 Å². The van der Waals surface area contributed by atoms with E-state index in [9.17, 15) is 19.8 Å². The van der Waals surface area contributed by atoms with Crippen molar-refractivity contribution < 1.29 is 19.8 Å². The van der Waals surface area contributed by atoms with Crippen LogP contribution in [0.15, 0.2) is 110 Å². The molecule has 2 amide bonds. The fourth-order valence-corrected chi connectivity index (χ4v) is 7.86. The number of aryl methyl sites for hydroxylation is 1. The van der Waals surface area contributed by atoms with Crippen LogP contribution < -0.4 is 20.0 Å². The molecule has 11 nitrogen and oxygen atoms in total. The largest absolute Gasteiger partial charge is 0.395 e. The molecule has 0 bridgehead atoms. The summed E-state index contributed by atoms with van der Waals surface area (Å²) < 4.78 is 1.74. The summed E-state index contributed by atoms with van der Waals surface area (Å²) in [6.07, 6.45) is 9.26. The molecule has 3 atom stereocenters. The Balaban J connectivity index is 1.12. The van der Waals surface area contributed by atoms with Crippen LogP contribution in [0, 0.1) is 5.92 Å². The van der Waals surface area contributed by atoms with E-state index in [4.69, 9.17) is 0 Å². The van der Waals surface area contributed by atoms with E-state index in [1.54, 1.807) is 20.6 Å². The number of nitrogens with zero attached hydrogens (tertiary/aromatic N) is 6. The number of nitrogens with one attached hydrogen (secondary N) is 1. The number of amides is 2. The van der Waals surface area contributed by atoms with Crippen LogP contribution in [0.4, 0.5) is 17.1 Å². The van der Waals surface area contributed by atoms with E-state index in [1.165, 1.54) is 0 Å². The standard InChI is InChI=1S/C40H45N7O4/c1-3-23-45-36-18-17-32(46-28-47(31-15-8-5-9-16-31)39(37(46)49)19-21-41-22-20-39)25-34(36)40(51,38(45)50)29(2)12-10-11-24-44-26-35(42-43-44)33(27-48)30-13-6-4-7-14-30/h3-10,12-18,25-26,29,33,41,48,51H,1,11,19-24,27-28H2,2H3/b12-10+/t29-,33?,40+/m0/s1. The number of fused-ring (bicyclic) bond motifs is 1. The molecular formula is C40H45N7O4. The van der Waals surface area contributed by atoms with Crippen molar-refractivity contribution in [3.05, 3.63) is 127 Å². The average Bonchev–Trinajstić information content (AvgIpc) is 3.80. The van der Waals surface area contributed by atoms with Crippen molar-refractivity contribution in [1.82, 2.24) is 20.3 Å². The van der Waals surface area contributed by atoms with E-state index in [2.05, 4.69) is 27.1 Å². The molecule has 4 aromatic rings. The van der Waals surface area contributed by atoms with Gasteiger partial charge in [0.05, 0.1) is 30.6 Å². The predicted molar refractivity (Wildman–Crippen MR) is 197 cm³/mol. The lowest BCUT2D eigenvalue weighted by Gasteiger charge is -2.39. The Kier molecular flexibility index (Phi) is 9.61. The van der Waals surface area contributed by atoms with Gasteiger partial charge in [-0.05, 0) is 68.2 Å². The molecule has 0 saturated carbocycles. The number of benzene rings is 3. The minimum atomic E-state index is -1.84. The molecule has 264 valence electrons. The van der Waals surface area contributed by atoms with Crippen molar-refractivity contribution >= 4 is 28.9 Å². The number of carbonyl (C=O) groups excluding carboxylic acids is 2. The van der Waals surface area contributed by atoms with Gasteiger partial charge in [-0.3, -0.25) is 19.2 Å². The zero-order chi connectivity index (χ0) is 35.6. The minimum absolute atomic E-state index is 0.0295. The lowest BCUT2D eigenvalue weighted by molar-refractivity contribution is -0.139. The van der Waals surface area contributed by atoms with Gasteiger partial charge in [0.2, 0.25) is 0 Å². The fourth-order valence-electron chi connectivity index (χ4n) is 7.86. The van der Waals surface area contributed by atoms with Gasteiger partial charge in [0.25, 0.3) is 11.8 Å². The number of hydrogen-bond donors (Lipinski definition) is 3. The third kappa shape index (κ3) is 6.05. The van der Waals surface area contributed by atoms with Crippen molar-refractivity contribution in [2.45, 2.75) is 49.8 Å². The second-order valence-corrected chi connectivity index (χ2v) is 13.6. The van der Waals surface area contributed by atoms with E-state index in [-0.39, 0.29) is 25.0 Å². The number of aliphatic hydroxyl groups is 2. The first-order chi connectivity index (χ1) is 24.8. The summed E-state index contributed by atoms with van der Waals surface area (Å²) >= 11 is 0. The highest BCUT2D eigenvalue weighted by molar-refractivity contribution is 6.10. The third-order valence-electron chi connectivity index (χ3n) is 10.7. The van der Waals surface area contributed by atoms with E-state index >= 15 is 0 Å². The Morgan fingerprint density at radius 1 is 0.980 bits per heavy atom. The SMILES string of the molecule is C=CCN1C(=O)[C@@](O)([C@@H](C)/C=C/CCn2cc(C(CO)c3ccccc3)nn2)c2cc(N3CN(c4ccccc4)C4(CCNCC4)C3=O)ccc21. The first-order valence-electron chi connectivity index (χ1n) is 17.7. The van der Waals surface area contributed by atoms with Gasteiger partial charge in [0, 0.05) is 42.1 Å². The molecular weight excluding hydrogens is 642 g/mol. The van der Waals surface area contributed by atoms with Crippen LogP contribution >= 0.6 is 0 Å². The summed E-state index contributed by atoms with van der Waals surface area (Å²) in [7, 11) is 0. The Bertz CT molecular complexity index is 1910. The van der Waals surface area contributed by atoms with Crippen molar-refractivity contribution in [2.24, 2.45) is 5.92 Å². The van der Waals surface area contributed by atoms with Crippen LogP contribution in [0.25, 0.3) is 0 Å². The monoisotopic (exact) mass is 687 g/mol. The predicted octanol–water partition coefficient (Wildman–Crippen LogP) is 4.34. The zero-order valence-electron chi connectivity index (χ0n) is 28.9.